The van der Waals surface area contributed by atoms with Gasteiger partial charge in [-0.15, -0.1) is 0 Å². The van der Waals surface area contributed by atoms with Gasteiger partial charge in [-0.05, 0) is 36.5 Å². The largest absolute Gasteiger partial charge is 0.339 e. The number of carbonyl (C=O) groups is 1. The first kappa shape index (κ1) is 15.1. The number of imidazole rings is 1. The zero-order valence-corrected chi connectivity index (χ0v) is 13.6. The van der Waals surface area contributed by atoms with Crippen molar-refractivity contribution in [2.75, 3.05) is 13.1 Å². The van der Waals surface area contributed by atoms with Gasteiger partial charge in [0.2, 0.25) is 5.91 Å². The van der Waals surface area contributed by atoms with Crippen LogP contribution in [0.25, 0.3) is 11.7 Å². The third-order valence-corrected chi connectivity index (χ3v) is 4.36. The number of pyridine rings is 1. The number of hydrogen-bond acceptors (Lipinski definition) is 2. The molecule has 2 atom stereocenters. The fraction of sp³-hybridized carbons (Fsp3) is 0.412. The van der Waals surface area contributed by atoms with Gasteiger partial charge in [-0.1, -0.05) is 31.5 Å². The van der Waals surface area contributed by atoms with E-state index in [1.807, 2.05) is 33.7 Å². The lowest BCUT2D eigenvalue weighted by atomic mass is 9.92. The van der Waals surface area contributed by atoms with Crippen LogP contribution >= 0.6 is 11.6 Å². The Labute approximate surface area is 135 Å². The first-order chi connectivity index (χ1) is 10.5. The van der Waals surface area contributed by atoms with Crippen molar-refractivity contribution in [3.63, 3.8) is 0 Å². The van der Waals surface area contributed by atoms with Crippen molar-refractivity contribution in [1.82, 2.24) is 14.3 Å². The summed E-state index contributed by atoms with van der Waals surface area (Å²) in [7, 11) is 0. The summed E-state index contributed by atoms with van der Waals surface area (Å²) in [4.78, 5) is 18.6. The number of rotatable bonds is 2. The molecule has 1 aliphatic rings. The Morgan fingerprint density at radius 3 is 2.77 bits per heavy atom. The number of hydrogen-bond donors (Lipinski definition) is 0. The summed E-state index contributed by atoms with van der Waals surface area (Å²) in [6, 6.07) is 5.71. The molecule has 1 amide bonds. The van der Waals surface area contributed by atoms with E-state index >= 15 is 0 Å². The highest BCUT2D eigenvalue weighted by Crippen LogP contribution is 2.22. The Balaban J connectivity index is 1.80. The van der Waals surface area contributed by atoms with Crippen LogP contribution in [0.1, 0.15) is 26.0 Å². The van der Waals surface area contributed by atoms with Crippen LogP contribution in [0.4, 0.5) is 0 Å². The lowest BCUT2D eigenvalue weighted by molar-refractivity contribution is -0.128. The molecule has 5 heteroatoms. The maximum absolute atomic E-state index is 12.4. The third kappa shape index (κ3) is 3.02. The van der Waals surface area contributed by atoms with Crippen LogP contribution in [-0.2, 0) is 4.79 Å². The molecule has 1 aliphatic heterocycles. The number of halogens is 1. The third-order valence-electron chi connectivity index (χ3n) is 4.09. The van der Waals surface area contributed by atoms with E-state index in [-0.39, 0.29) is 5.91 Å². The topological polar surface area (TPSA) is 37.6 Å². The second-order valence-corrected chi connectivity index (χ2v) is 6.60. The molecule has 0 bridgehead atoms. The van der Waals surface area contributed by atoms with Gasteiger partial charge in [-0.25, -0.2) is 4.98 Å². The molecule has 2 aromatic rings. The second-order valence-electron chi connectivity index (χ2n) is 6.24. The summed E-state index contributed by atoms with van der Waals surface area (Å²) in [6.07, 6.45) is 6.44. The molecule has 3 heterocycles. The summed E-state index contributed by atoms with van der Waals surface area (Å²) >= 11 is 6.18. The molecule has 2 aromatic heterocycles. The van der Waals surface area contributed by atoms with Gasteiger partial charge < -0.3 is 4.90 Å². The fourth-order valence-corrected chi connectivity index (χ4v) is 3.47. The Bertz CT molecular complexity index is 712. The maximum Gasteiger partial charge on any atom is 0.246 e. The van der Waals surface area contributed by atoms with E-state index in [0.29, 0.717) is 17.0 Å². The summed E-state index contributed by atoms with van der Waals surface area (Å²) in [5.74, 6) is 1.15. The van der Waals surface area contributed by atoms with E-state index in [1.54, 1.807) is 12.2 Å². The van der Waals surface area contributed by atoms with Crippen molar-refractivity contribution < 1.29 is 4.79 Å². The van der Waals surface area contributed by atoms with Crippen LogP contribution in [0, 0.1) is 11.8 Å². The van der Waals surface area contributed by atoms with E-state index in [9.17, 15) is 4.79 Å². The van der Waals surface area contributed by atoms with Crippen LogP contribution in [-0.4, -0.2) is 33.3 Å². The first-order valence-corrected chi connectivity index (χ1v) is 8.02. The van der Waals surface area contributed by atoms with Crippen LogP contribution < -0.4 is 0 Å². The van der Waals surface area contributed by atoms with Crippen molar-refractivity contribution in [2.24, 2.45) is 11.8 Å². The Hall–Kier alpha value is -1.81. The minimum absolute atomic E-state index is 0.0420. The zero-order valence-electron chi connectivity index (χ0n) is 12.9. The van der Waals surface area contributed by atoms with Crippen LogP contribution in [0.5, 0.6) is 0 Å². The predicted molar refractivity (Wildman–Crippen MR) is 88.8 cm³/mol. The van der Waals surface area contributed by atoms with Crippen molar-refractivity contribution in [3.05, 3.63) is 41.3 Å². The smallest absolute Gasteiger partial charge is 0.246 e. The van der Waals surface area contributed by atoms with Gasteiger partial charge in [-0.2, -0.15) is 0 Å². The highest BCUT2D eigenvalue weighted by atomic mass is 35.5. The molecule has 0 spiro atoms. The molecule has 4 nitrogen and oxygen atoms in total. The molecule has 22 heavy (non-hydrogen) atoms. The molecular formula is C17H20ClN3O. The van der Waals surface area contributed by atoms with Crippen molar-refractivity contribution in [3.8, 4) is 0 Å². The minimum atomic E-state index is 0.0420. The first-order valence-electron chi connectivity index (χ1n) is 7.64. The summed E-state index contributed by atoms with van der Waals surface area (Å²) in [5, 5.41) is 0.413. The Kier molecular flexibility index (Phi) is 4.21. The van der Waals surface area contributed by atoms with E-state index in [0.717, 1.165) is 24.4 Å². The van der Waals surface area contributed by atoms with Crippen molar-refractivity contribution in [1.29, 1.82) is 0 Å². The summed E-state index contributed by atoms with van der Waals surface area (Å²) in [6.45, 7) is 6.05. The van der Waals surface area contributed by atoms with E-state index in [4.69, 9.17) is 11.6 Å². The van der Waals surface area contributed by atoms with Crippen LogP contribution in [0.2, 0.25) is 5.15 Å². The van der Waals surface area contributed by atoms with Gasteiger partial charge >= 0.3 is 0 Å². The minimum Gasteiger partial charge on any atom is -0.339 e. The number of amides is 1. The lowest BCUT2D eigenvalue weighted by Crippen LogP contribution is -2.41. The Morgan fingerprint density at radius 2 is 2.05 bits per heavy atom. The number of fused-ring (bicyclic) bond motifs is 1. The number of likely N-dealkylation sites (tertiary alicyclic amines) is 1. The fourth-order valence-electron chi connectivity index (χ4n) is 3.23. The van der Waals surface area contributed by atoms with Crippen molar-refractivity contribution >= 4 is 29.2 Å². The second kappa shape index (κ2) is 6.13. The average Bonchev–Trinajstić information content (AvgIpc) is 2.79. The molecule has 0 aromatic carbocycles. The molecule has 0 saturated carbocycles. The molecule has 0 radical (unpaired) electrons. The van der Waals surface area contributed by atoms with E-state index in [1.165, 1.54) is 6.42 Å². The van der Waals surface area contributed by atoms with Gasteiger partial charge in [-0.3, -0.25) is 9.20 Å². The van der Waals surface area contributed by atoms with Crippen LogP contribution in [0.15, 0.2) is 30.5 Å². The highest BCUT2D eigenvalue weighted by Gasteiger charge is 2.24. The van der Waals surface area contributed by atoms with E-state index in [2.05, 4.69) is 18.8 Å². The summed E-state index contributed by atoms with van der Waals surface area (Å²) in [5.41, 5.74) is 1.52. The molecule has 0 aliphatic carbocycles. The van der Waals surface area contributed by atoms with Gasteiger partial charge in [0.05, 0.1) is 5.69 Å². The summed E-state index contributed by atoms with van der Waals surface area (Å²) < 4.78 is 1.88. The molecule has 3 rings (SSSR count). The SMILES string of the molecule is CC1CC(C)CN(C(=O)/C=C/c2c(Cl)nc3ccccn23)C1. The molecule has 116 valence electrons. The normalized spacial score (nSPS) is 22.6. The molecular weight excluding hydrogens is 298 g/mol. The van der Waals surface area contributed by atoms with Gasteiger partial charge in [0.15, 0.2) is 5.15 Å². The standard InChI is InChI=1S/C17H20ClN3O/c1-12-9-13(2)11-20(10-12)16(22)7-6-14-17(18)19-15-5-3-4-8-21(14)15/h3-8,12-13H,9-11H2,1-2H3/b7-6+. The average molecular weight is 318 g/mol. The maximum atomic E-state index is 12.4. The molecule has 1 fully saturated rings. The van der Waals surface area contributed by atoms with Gasteiger partial charge in [0, 0.05) is 25.4 Å². The highest BCUT2D eigenvalue weighted by molar-refractivity contribution is 6.31. The van der Waals surface area contributed by atoms with Gasteiger partial charge in [0.1, 0.15) is 5.65 Å². The lowest BCUT2D eigenvalue weighted by Gasteiger charge is -2.34. The number of nitrogens with zero attached hydrogens (tertiary/aromatic N) is 3. The quantitative estimate of drug-likeness (QED) is 0.795. The number of aromatic nitrogens is 2. The molecule has 1 saturated heterocycles. The number of carbonyl (C=O) groups excluding carboxylic acids is 1. The molecule has 2 unspecified atom stereocenters. The van der Waals surface area contributed by atoms with E-state index < -0.39 is 0 Å². The zero-order chi connectivity index (χ0) is 15.7. The van der Waals surface area contributed by atoms with Crippen LogP contribution in [0.3, 0.4) is 0 Å². The Morgan fingerprint density at radius 1 is 1.32 bits per heavy atom. The molecule has 0 N–H and O–H groups in total. The monoisotopic (exact) mass is 317 g/mol. The predicted octanol–water partition coefficient (Wildman–Crippen LogP) is 3.51. The van der Waals surface area contributed by atoms with Crippen molar-refractivity contribution in [2.45, 2.75) is 20.3 Å². The van der Waals surface area contributed by atoms with Gasteiger partial charge in [0.25, 0.3) is 0 Å². The number of piperidine rings is 1.